The van der Waals surface area contributed by atoms with E-state index in [2.05, 4.69) is 4.98 Å². The molecule has 2 rings (SSSR count). The Balaban J connectivity index is 2.79. The van der Waals surface area contributed by atoms with E-state index in [1.807, 2.05) is 0 Å². The molecule has 2 aromatic rings. The minimum Gasteiger partial charge on any atom is -0.478 e. The molecular weight excluding hydrogens is 210 g/mol. The number of nitrogens with zero attached hydrogens (tertiary/aromatic N) is 1. The Hall–Kier alpha value is -1.13. The number of halogens is 1. The molecule has 0 fully saturated rings. The van der Waals surface area contributed by atoms with Gasteiger partial charge in [0.1, 0.15) is 4.83 Å². The lowest BCUT2D eigenvalue weighted by molar-refractivity contribution is 0.0699. The van der Waals surface area contributed by atoms with Crippen LogP contribution in [0.2, 0.25) is 5.02 Å². The van der Waals surface area contributed by atoms with E-state index < -0.39 is 5.97 Å². The van der Waals surface area contributed by atoms with Crippen LogP contribution in [0.3, 0.4) is 0 Å². The molecule has 1 N–H and O–H groups in total. The van der Waals surface area contributed by atoms with E-state index in [9.17, 15) is 4.79 Å². The Kier molecular flexibility index (Phi) is 1.94. The van der Waals surface area contributed by atoms with Crippen LogP contribution in [0, 0.1) is 0 Å². The van der Waals surface area contributed by atoms with Crippen molar-refractivity contribution >= 4 is 39.1 Å². The van der Waals surface area contributed by atoms with Gasteiger partial charge < -0.3 is 5.11 Å². The van der Waals surface area contributed by atoms with Crippen molar-refractivity contribution in [1.29, 1.82) is 0 Å². The molecule has 0 saturated carbocycles. The Morgan fingerprint density at radius 2 is 2.38 bits per heavy atom. The summed E-state index contributed by atoms with van der Waals surface area (Å²) in [5.74, 6) is -0.949. The van der Waals surface area contributed by atoms with Gasteiger partial charge in [-0.3, -0.25) is 0 Å². The summed E-state index contributed by atoms with van der Waals surface area (Å²) in [5, 5.41) is 11.4. The number of hydrogen-bond acceptors (Lipinski definition) is 3. The molecule has 3 nitrogen and oxygen atoms in total. The maximum absolute atomic E-state index is 10.7. The topological polar surface area (TPSA) is 50.2 Å². The first kappa shape index (κ1) is 8.47. The highest BCUT2D eigenvalue weighted by Crippen LogP contribution is 2.26. The first-order chi connectivity index (χ1) is 6.18. The lowest BCUT2D eigenvalue weighted by atomic mass is 10.2. The second-order valence-corrected chi connectivity index (χ2v) is 3.76. The molecular formula is C8H4ClNO2S. The van der Waals surface area contributed by atoms with Crippen LogP contribution in [0.5, 0.6) is 0 Å². The third-order valence-electron chi connectivity index (χ3n) is 1.63. The van der Waals surface area contributed by atoms with Crippen LogP contribution in [-0.2, 0) is 0 Å². The normalized spacial score (nSPS) is 10.5. The van der Waals surface area contributed by atoms with Crippen molar-refractivity contribution in [2.75, 3.05) is 0 Å². The minimum absolute atomic E-state index is 0.259. The Morgan fingerprint density at radius 1 is 1.62 bits per heavy atom. The van der Waals surface area contributed by atoms with Gasteiger partial charge in [-0.25, -0.2) is 9.78 Å². The molecule has 0 radical (unpaired) electrons. The molecule has 0 bridgehead atoms. The zero-order valence-corrected chi connectivity index (χ0v) is 7.89. The van der Waals surface area contributed by atoms with E-state index in [0.29, 0.717) is 15.2 Å². The fraction of sp³-hybridized carbons (Fsp3) is 0. The maximum Gasteiger partial charge on any atom is 0.337 e. The zero-order chi connectivity index (χ0) is 9.42. The van der Waals surface area contributed by atoms with Crippen molar-refractivity contribution in [2.24, 2.45) is 0 Å². The molecule has 13 heavy (non-hydrogen) atoms. The van der Waals surface area contributed by atoms with Gasteiger partial charge in [-0.05, 0) is 6.07 Å². The predicted octanol–water partition coefficient (Wildman–Crippen LogP) is 2.65. The molecule has 0 aliphatic carbocycles. The molecule has 0 unspecified atom stereocenters. The summed E-state index contributed by atoms with van der Waals surface area (Å²) in [6, 6.07) is 1.61. The summed E-state index contributed by atoms with van der Waals surface area (Å²) in [7, 11) is 0. The molecule has 2 aromatic heterocycles. The zero-order valence-electron chi connectivity index (χ0n) is 6.32. The third kappa shape index (κ3) is 1.38. The Morgan fingerprint density at radius 3 is 3.08 bits per heavy atom. The van der Waals surface area contributed by atoms with Crippen molar-refractivity contribution in [2.45, 2.75) is 0 Å². The van der Waals surface area contributed by atoms with Crippen LogP contribution in [-0.4, -0.2) is 16.1 Å². The van der Waals surface area contributed by atoms with Crippen LogP contribution < -0.4 is 0 Å². The maximum atomic E-state index is 10.7. The average molecular weight is 214 g/mol. The summed E-state index contributed by atoms with van der Waals surface area (Å²) in [5.41, 5.74) is 0.259. The lowest BCUT2D eigenvalue weighted by Gasteiger charge is -1.92. The van der Waals surface area contributed by atoms with Crippen LogP contribution in [0.1, 0.15) is 10.4 Å². The molecule has 0 spiro atoms. The highest BCUT2D eigenvalue weighted by atomic mass is 35.5. The first-order valence-electron chi connectivity index (χ1n) is 3.44. The van der Waals surface area contributed by atoms with Crippen molar-refractivity contribution < 1.29 is 9.90 Å². The number of hydrogen-bond donors (Lipinski definition) is 1. The summed E-state index contributed by atoms with van der Waals surface area (Å²) in [6.07, 6.45) is 1.51. The third-order valence-corrected chi connectivity index (χ3v) is 2.74. The Bertz CT molecular complexity index is 480. The largest absolute Gasteiger partial charge is 0.478 e. The number of carboxylic acid groups (broad SMARTS) is 1. The molecule has 0 amide bonds. The van der Waals surface area contributed by atoms with E-state index in [4.69, 9.17) is 16.7 Å². The smallest absolute Gasteiger partial charge is 0.337 e. The van der Waals surface area contributed by atoms with Gasteiger partial charge in [-0.1, -0.05) is 11.6 Å². The fourth-order valence-corrected chi connectivity index (χ4v) is 2.08. The minimum atomic E-state index is -0.949. The predicted molar refractivity (Wildman–Crippen MR) is 51.6 cm³/mol. The number of rotatable bonds is 1. The highest BCUT2D eigenvalue weighted by molar-refractivity contribution is 7.17. The summed E-state index contributed by atoms with van der Waals surface area (Å²) in [6.45, 7) is 0. The van der Waals surface area contributed by atoms with E-state index >= 15 is 0 Å². The van der Waals surface area contributed by atoms with Gasteiger partial charge >= 0.3 is 5.97 Å². The van der Waals surface area contributed by atoms with Crippen molar-refractivity contribution in [1.82, 2.24) is 4.98 Å². The highest BCUT2D eigenvalue weighted by Gasteiger charge is 2.11. The fourth-order valence-electron chi connectivity index (χ4n) is 1.06. The number of carbonyl (C=O) groups is 1. The van der Waals surface area contributed by atoms with Crippen molar-refractivity contribution in [3.63, 3.8) is 0 Å². The molecule has 0 saturated heterocycles. The number of fused-ring (bicyclic) bond motifs is 1. The average Bonchev–Trinajstić information content (AvgIpc) is 2.46. The van der Waals surface area contributed by atoms with E-state index in [-0.39, 0.29) is 5.56 Å². The van der Waals surface area contributed by atoms with Gasteiger partial charge in [0.25, 0.3) is 0 Å². The number of aromatic nitrogens is 1. The lowest BCUT2D eigenvalue weighted by Crippen LogP contribution is -1.93. The molecule has 5 heteroatoms. The molecule has 0 aliphatic rings. The number of aromatic carboxylic acids is 1. The number of thiophene rings is 1. The van der Waals surface area contributed by atoms with Crippen LogP contribution in [0.15, 0.2) is 17.6 Å². The monoisotopic (exact) mass is 213 g/mol. The van der Waals surface area contributed by atoms with Crippen LogP contribution in [0.25, 0.3) is 10.2 Å². The van der Waals surface area contributed by atoms with Crippen molar-refractivity contribution in [3.05, 3.63) is 28.2 Å². The molecule has 0 atom stereocenters. The molecule has 2 heterocycles. The first-order valence-corrected chi connectivity index (χ1v) is 4.70. The Labute approximate surface area is 82.6 Å². The number of pyridine rings is 1. The summed E-state index contributed by atoms with van der Waals surface area (Å²) in [4.78, 5) is 15.4. The van der Waals surface area contributed by atoms with E-state index in [0.717, 1.165) is 0 Å². The van der Waals surface area contributed by atoms with E-state index in [1.165, 1.54) is 17.5 Å². The van der Waals surface area contributed by atoms with Crippen molar-refractivity contribution in [3.8, 4) is 0 Å². The van der Waals surface area contributed by atoms with Gasteiger partial charge in [0, 0.05) is 17.0 Å². The van der Waals surface area contributed by atoms with Gasteiger partial charge in [0.2, 0.25) is 0 Å². The van der Waals surface area contributed by atoms with E-state index in [1.54, 1.807) is 11.4 Å². The molecule has 0 aromatic carbocycles. The second kappa shape index (κ2) is 2.97. The van der Waals surface area contributed by atoms with Crippen LogP contribution >= 0.6 is 22.9 Å². The van der Waals surface area contributed by atoms with Gasteiger partial charge in [0.15, 0.2) is 0 Å². The number of carboxylic acids is 1. The standard InChI is InChI=1S/C8H4ClNO2S/c9-4-1-5-6(8(11)12)3-13-7(5)10-2-4/h1-3H,(H,11,12). The van der Waals surface area contributed by atoms with Crippen LogP contribution in [0.4, 0.5) is 0 Å². The summed E-state index contributed by atoms with van der Waals surface area (Å²) < 4.78 is 0. The van der Waals surface area contributed by atoms with Gasteiger partial charge in [-0.15, -0.1) is 11.3 Å². The molecule has 66 valence electrons. The second-order valence-electron chi connectivity index (χ2n) is 2.46. The molecule has 0 aliphatic heterocycles. The summed E-state index contributed by atoms with van der Waals surface area (Å²) >= 11 is 7.00. The van der Waals surface area contributed by atoms with Gasteiger partial charge in [0.05, 0.1) is 10.6 Å². The SMILES string of the molecule is O=C(O)c1csc2ncc(Cl)cc12. The quantitative estimate of drug-likeness (QED) is 0.792. The van der Waals surface area contributed by atoms with Gasteiger partial charge in [-0.2, -0.15) is 0 Å².